The van der Waals surface area contributed by atoms with Crippen molar-refractivity contribution in [2.75, 3.05) is 0 Å². The normalized spacial score (nSPS) is 12.0. The van der Waals surface area contributed by atoms with Gasteiger partial charge in [-0.15, -0.1) is 0 Å². The monoisotopic (exact) mass is 282 g/mol. The summed E-state index contributed by atoms with van der Waals surface area (Å²) in [6.45, 7) is 3.89. The zero-order valence-corrected chi connectivity index (χ0v) is 11.5. The van der Waals surface area contributed by atoms with Crippen LogP contribution in [0.25, 0.3) is 0 Å². The van der Waals surface area contributed by atoms with E-state index < -0.39 is 18.0 Å². The maximum atomic E-state index is 12.9. The minimum absolute atomic E-state index is 0.137. The molecule has 110 valence electrons. The van der Waals surface area contributed by atoms with Gasteiger partial charge < -0.3 is 15.7 Å². The fourth-order valence-corrected chi connectivity index (χ4v) is 1.73. The van der Waals surface area contributed by atoms with Crippen LogP contribution in [0.15, 0.2) is 24.3 Å². The first-order chi connectivity index (χ1) is 9.38. The van der Waals surface area contributed by atoms with Crippen molar-refractivity contribution in [2.24, 2.45) is 5.92 Å². The van der Waals surface area contributed by atoms with Gasteiger partial charge in [-0.2, -0.15) is 0 Å². The van der Waals surface area contributed by atoms with Crippen molar-refractivity contribution in [1.82, 2.24) is 10.6 Å². The number of halogens is 1. The molecule has 1 aromatic rings. The number of amides is 2. The highest BCUT2D eigenvalue weighted by Crippen LogP contribution is 2.05. The Hall–Kier alpha value is -2.11. The summed E-state index contributed by atoms with van der Waals surface area (Å²) in [4.78, 5) is 22.6. The van der Waals surface area contributed by atoms with Crippen LogP contribution in [0.3, 0.4) is 0 Å². The molecule has 1 atom stereocenters. The minimum Gasteiger partial charge on any atom is -0.480 e. The van der Waals surface area contributed by atoms with Crippen LogP contribution < -0.4 is 10.6 Å². The summed E-state index contributed by atoms with van der Waals surface area (Å²) in [5.41, 5.74) is 0.607. The van der Waals surface area contributed by atoms with Gasteiger partial charge in [-0.3, -0.25) is 0 Å². The van der Waals surface area contributed by atoms with Gasteiger partial charge in [0, 0.05) is 6.54 Å². The quantitative estimate of drug-likeness (QED) is 0.748. The number of carbonyl (C=O) groups is 2. The molecular formula is C14H19FN2O3. The van der Waals surface area contributed by atoms with Crippen LogP contribution in [0.2, 0.25) is 0 Å². The van der Waals surface area contributed by atoms with E-state index in [1.165, 1.54) is 12.1 Å². The van der Waals surface area contributed by atoms with Gasteiger partial charge in [-0.25, -0.2) is 14.0 Å². The summed E-state index contributed by atoms with van der Waals surface area (Å²) in [5.74, 6) is -1.30. The first-order valence-electron chi connectivity index (χ1n) is 6.40. The fraction of sp³-hybridized carbons (Fsp3) is 0.429. The van der Waals surface area contributed by atoms with Crippen LogP contribution in [0.5, 0.6) is 0 Å². The van der Waals surface area contributed by atoms with Crippen molar-refractivity contribution in [3.8, 4) is 0 Å². The van der Waals surface area contributed by atoms with Crippen LogP contribution in [0.1, 0.15) is 25.8 Å². The van der Waals surface area contributed by atoms with Crippen molar-refractivity contribution in [3.63, 3.8) is 0 Å². The molecule has 20 heavy (non-hydrogen) atoms. The average molecular weight is 282 g/mol. The highest BCUT2D eigenvalue weighted by molar-refractivity contribution is 5.82. The Bertz CT molecular complexity index is 477. The van der Waals surface area contributed by atoms with Gasteiger partial charge in [0.05, 0.1) is 0 Å². The smallest absolute Gasteiger partial charge is 0.326 e. The summed E-state index contributed by atoms with van der Waals surface area (Å²) < 4.78 is 12.9. The Morgan fingerprint density at radius 3 is 2.60 bits per heavy atom. The number of nitrogens with one attached hydrogen (secondary N) is 2. The number of carboxylic acid groups (broad SMARTS) is 1. The largest absolute Gasteiger partial charge is 0.480 e. The molecule has 0 aliphatic carbocycles. The third-order valence-corrected chi connectivity index (χ3v) is 2.65. The predicted molar refractivity (Wildman–Crippen MR) is 72.7 cm³/mol. The molecule has 0 spiro atoms. The molecule has 0 aromatic heterocycles. The lowest BCUT2D eigenvalue weighted by molar-refractivity contribution is -0.139. The Labute approximate surface area is 117 Å². The van der Waals surface area contributed by atoms with E-state index in [1.807, 2.05) is 13.8 Å². The molecule has 5 nitrogen and oxygen atoms in total. The van der Waals surface area contributed by atoms with E-state index >= 15 is 0 Å². The lowest BCUT2D eigenvalue weighted by atomic mass is 10.0. The first-order valence-corrected chi connectivity index (χ1v) is 6.40. The van der Waals surface area contributed by atoms with E-state index in [2.05, 4.69) is 10.6 Å². The van der Waals surface area contributed by atoms with E-state index in [0.29, 0.717) is 12.0 Å². The standard InChI is InChI=1S/C14H19FN2O3/c1-9(2)6-12(13(18)19)17-14(20)16-8-10-4-3-5-11(15)7-10/h3-5,7,9,12H,6,8H2,1-2H3,(H,18,19)(H2,16,17,20)/t12-/m1/s1. The van der Waals surface area contributed by atoms with Gasteiger partial charge >= 0.3 is 12.0 Å². The van der Waals surface area contributed by atoms with Gasteiger partial charge in [0.25, 0.3) is 0 Å². The Morgan fingerprint density at radius 1 is 1.35 bits per heavy atom. The molecule has 0 heterocycles. The number of benzene rings is 1. The van der Waals surface area contributed by atoms with E-state index in [0.717, 1.165) is 0 Å². The van der Waals surface area contributed by atoms with Crippen LogP contribution in [-0.2, 0) is 11.3 Å². The molecule has 0 saturated carbocycles. The summed E-state index contributed by atoms with van der Waals surface area (Å²) >= 11 is 0. The van der Waals surface area contributed by atoms with E-state index in [-0.39, 0.29) is 18.3 Å². The summed E-state index contributed by atoms with van der Waals surface area (Å²) in [7, 11) is 0. The van der Waals surface area contributed by atoms with Gasteiger partial charge in [0.1, 0.15) is 11.9 Å². The van der Waals surface area contributed by atoms with Crippen molar-refractivity contribution in [3.05, 3.63) is 35.6 Å². The summed E-state index contributed by atoms with van der Waals surface area (Å²) in [5, 5.41) is 13.9. The second-order valence-corrected chi connectivity index (χ2v) is 4.98. The van der Waals surface area contributed by atoms with Crippen LogP contribution in [-0.4, -0.2) is 23.1 Å². The molecule has 1 aromatic carbocycles. The predicted octanol–water partition coefficient (Wildman–Crippen LogP) is 2.12. The summed E-state index contributed by atoms with van der Waals surface area (Å²) in [6.07, 6.45) is 0.350. The molecule has 0 unspecified atom stereocenters. The number of urea groups is 1. The SMILES string of the molecule is CC(C)C[C@@H](NC(=O)NCc1cccc(F)c1)C(=O)O. The number of hydrogen-bond acceptors (Lipinski definition) is 2. The van der Waals surface area contributed by atoms with E-state index in [9.17, 15) is 14.0 Å². The van der Waals surface area contributed by atoms with Crippen molar-refractivity contribution in [2.45, 2.75) is 32.9 Å². The summed E-state index contributed by atoms with van der Waals surface area (Å²) in [6, 6.07) is 4.33. The fourth-order valence-electron chi connectivity index (χ4n) is 1.73. The molecule has 3 N–H and O–H groups in total. The minimum atomic E-state index is -1.07. The van der Waals surface area contributed by atoms with Crippen LogP contribution in [0.4, 0.5) is 9.18 Å². The number of aliphatic carboxylic acids is 1. The zero-order valence-electron chi connectivity index (χ0n) is 11.5. The Balaban J connectivity index is 2.47. The van der Waals surface area contributed by atoms with Gasteiger partial charge in [-0.05, 0) is 30.0 Å². The number of hydrogen-bond donors (Lipinski definition) is 3. The Morgan fingerprint density at radius 2 is 2.05 bits per heavy atom. The second-order valence-electron chi connectivity index (χ2n) is 4.98. The molecule has 6 heteroatoms. The highest BCUT2D eigenvalue weighted by Gasteiger charge is 2.20. The zero-order chi connectivity index (χ0) is 15.1. The number of carbonyl (C=O) groups excluding carboxylic acids is 1. The molecule has 0 saturated heterocycles. The van der Waals surface area contributed by atoms with Gasteiger partial charge in [-0.1, -0.05) is 26.0 Å². The topological polar surface area (TPSA) is 78.4 Å². The molecule has 0 aliphatic rings. The number of carboxylic acids is 1. The van der Waals surface area contributed by atoms with Gasteiger partial charge in [0.2, 0.25) is 0 Å². The maximum absolute atomic E-state index is 12.9. The van der Waals surface area contributed by atoms with E-state index in [1.54, 1.807) is 12.1 Å². The second kappa shape index (κ2) is 7.47. The van der Waals surface area contributed by atoms with Gasteiger partial charge in [0.15, 0.2) is 0 Å². The average Bonchev–Trinajstić information content (AvgIpc) is 2.35. The third-order valence-electron chi connectivity index (χ3n) is 2.65. The molecule has 0 bridgehead atoms. The molecule has 0 fully saturated rings. The Kier molecular flexibility index (Phi) is 5.96. The molecule has 1 rings (SSSR count). The molecule has 0 radical (unpaired) electrons. The third kappa shape index (κ3) is 5.69. The molecule has 2 amide bonds. The maximum Gasteiger partial charge on any atom is 0.326 e. The molecular weight excluding hydrogens is 263 g/mol. The van der Waals surface area contributed by atoms with Crippen LogP contribution >= 0.6 is 0 Å². The van der Waals surface area contributed by atoms with Crippen molar-refractivity contribution < 1.29 is 19.1 Å². The van der Waals surface area contributed by atoms with Crippen LogP contribution in [0, 0.1) is 11.7 Å². The molecule has 0 aliphatic heterocycles. The lowest BCUT2D eigenvalue weighted by Crippen LogP contribution is -2.46. The highest BCUT2D eigenvalue weighted by atomic mass is 19.1. The van der Waals surface area contributed by atoms with E-state index in [4.69, 9.17) is 5.11 Å². The van der Waals surface area contributed by atoms with Crippen molar-refractivity contribution >= 4 is 12.0 Å². The lowest BCUT2D eigenvalue weighted by Gasteiger charge is -2.16. The number of rotatable bonds is 6. The van der Waals surface area contributed by atoms with Crippen molar-refractivity contribution in [1.29, 1.82) is 0 Å². The first kappa shape index (κ1) is 15.9.